The summed E-state index contributed by atoms with van der Waals surface area (Å²) in [5.41, 5.74) is 21.6. The molecule has 0 aromatic heterocycles. The molecule has 4 heteroatoms. The first-order valence-electron chi connectivity index (χ1n) is 4.85. The van der Waals surface area contributed by atoms with E-state index in [0.717, 1.165) is 11.1 Å². The minimum absolute atomic E-state index is 0.286. The predicted molar refractivity (Wildman–Crippen MR) is 67.7 cm³/mol. The van der Waals surface area contributed by atoms with E-state index in [1.165, 1.54) is 0 Å². The smallest absolute Gasteiger partial charge is 0.0906 e. The number of nitrogens with two attached hydrogens (primary N) is 3. The second-order valence-electron chi connectivity index (χ2n) is 3.94. The fraction of sp³-hybridized carbons (Fsp3) is 0.364. The highest BCUT2D eigenvalue weighted by Crippen LogP contribution is 2.42. The minimum atomic E-state index is 0.286. The summed E-state index contributed by atoms with van der Waals surface area (Å²) in [6.07, 6.45) is 0. The lowest BCUT2D eigenvalue weighted by atomic mass is 9.93. The standard InChI is InChI=1S/C11H18N4/c1-5(2)7-6(3)11(15-4)10(14)9(13)8(7)12/h5H,4,12-14H2,1-3H3. The van der Waals surface area contributed by atoms with Crippen molar-refractivity contribution in [2.45, 2.75) is 26.7 Å². The molecule has 1 aromatic carbocycles. The number of nitrogen functional groups attached to an aromatic ring is 3. The molecule has 0 bridgehead atoms. The molecule has 1 rings (SSSR count). The Hall–Kier alpha value is -1.71. The maximum atomic E-state index is 5.94. The Balaban J connectivity index is 3.68. The minimum Gasteiger partial charge on any atom is -0.397 e. The average Bonchev–Trinajstić information content (AvgIpc) is 2.15. The van der Waals surface area contributed by atoms with Crippen LogP contribution in [0.2, 0.25) is 0 Å². The maximum Gasteiger partial charge on any atom is 0.0906 e. The van der Waals surface area contributed by atoms with Gasteiger partial charge in [0.2, 0.25) is 0 Å². The molecule has 82 valence electrons. The first-order valence-corrected chi connectivity index (χ1v) is 4.85. The van der Waals surface area contributed by atoms with Gasteiger partial charge < -0.3 is 17.2 Å². The number of anilines is 3. The molecule has 0 aliphatic heterocycles. The molecule has 0 radical (unpaired) electrons. The first kappa shape index (κ1) is 11.4. The summed E-state index contributed by atoms with van der Waals surface area (Å²) < 4.78 is 0. The molecular weight excluding hydrogens is 188 g/mol. The van der Waals surface area contributed by atoms with Gasteiger partial charge in [0.1, 0.15) is 0 Å². The molecule has 0 aliphatic rings. The lowest BCUT2D eigenvalue weighted by Crippen LogP contribution is -2.07. The first-order chi connectivity index (χ1) is 6.91. The molecule has 6 N–H and O–H groups in total. The van der Waals surface area contributed by atoms with Crippen molar-refractivity contribution in [1.29, 1.82) is 0 Å². The molecule has 4 nitrogen and oxygen atoms in total. The molecule has 0 saturated heterocycles. The second-order valence-corrected chi connectivity index (χ2v) is 3.94. The van der Waals surface area contributed by atoms with Gasteiger partial charge in [0.05, 0.1) is 22.7 Å². The van der Waals surface area contributed by atoms with Crippen molar-refractivity contribution >= 4 is 29.5 Å². The van der Waals surface area contributed by atoms with Gasteiger partial charge in [-0.2, -0.15) is 0 Å². The van der Waals surface area contributed by atoms with E-state index < -0.39 is 0 Å². The van der Waals surface area contributed by atoms with Crippen LogP contribution < -0.4 is 17.2 Å². The largest absolute Gasteiger partial charge is 0.397 e. The zero-order chi connectivity index (χ0) is 11.7. The van der Waals surface area contributed by atoms with Crippen LogP contribution in [0.1, 0.15) is 30.9 Å². The maximum absolute atomic E-state index is 5.94. The number of benzene rings is 1. The van der Waals surface area contributed by atoms with Gasteiger partial charge in [-0.15, -0.1) is 0 Å². The molecule has 1 aromatic rings. The third-order valence-corrected chi connectivity index (χ3v) is 2.62. The molecular formula is C11H18N4. The van der Waals surface area contributed by atoms with Crippen LogP contribution in [0.3, 0.4) is 0 Å². The van der Waals surface area contributed by atoms with Crippen molar-refractivity contribution in [3.63, 3.8) is 0 Å². The van der Waals surface area contributed by atoms with E-state index in [1.54, 1.807) is 0 Å². The van der Waals surface area contributed by atoms with Crippen molar-refractivity contribution in [2.24, 2.45) is 4.99 Å². The Bertz CT molecular complexity index is 408. The van der Waals surface area contributed by atoms with Crippen molar-refractivity contribution in [1.82, 2.24) is 0 Å². The Kier molecular flexibility index (Phi) is 2.88. The highest BCUT2D eigenvalue weighted by atomic mass is 14.8. The van der Waals surface area contributed by atoms with Crippen LogP contribution in [-0.2, 0) is 0 Å². The summed E-state index contributed by atoms with van der Waals surface area (Å²) in [4.78, 5) is 3.90. The number of aliphatic imine (C=N–C) groups is 1. The van der Waals surface area contributed by atoms with E-state index in [1.807, 2.05) is 6.92 Å². The van der Waals surface area contributed by atoms with E-state index >= 15 is 0 Å². The van der Waals surface area contributed by atoms with Crippen molar-refractivity contribution in [3.05, 3.63) is 11.1 Å². The van der Waals surface area contributed by atoms with Gasteiger partial charge in [0.15, 0.2) is 0 Å². The molecule has 0 saturated carbocycles. The zero-order valence-electron chi connectivity index (χ0n) is 9.46. The van der Waals surface area contributed by atoms with Crippen LogP contribution in [0.15, 0.2) is 4.99 Å². The molecule has 0 aliphatic carbocycles. The van der Waals surface area contributed by atoms with E-state index in [2.05, 4.69) is 25.6 Å². The number of nitrogens with zero attached hydrogens (tertiary/aromatic N) is 1. The van der Waals surface area contributed by atoms with Crippen LogP contribution in [-0.4, -0.2) is 6.72 Å². The van der Waals surface area contributed by atoms with E-state index in [4.69, 9.17) is 17.2 Å². The Morgan fingerprint density at radius 1 is 1.07 bits per heavy atom. The number of hydrogen-bond acceptors (Lipinski definition) is 4. The highest BCUT2D eigenvalue weighted by molar-refractivity contribution is 5.91. The topological polar surface area (TPSA) is 90.4 Å². The van der Waals surface area contributed by atoms with Gasteiger partial charge in [-0.05, 0) is 30.7 Å². The summed E-state index contributed by atoms with van der Waals surface area (Å²) in [5.74, 6) is 0.286. The van der Waals surface area contributed by atoms with Crippen LogP contribution in [0.5, 0.6) is 0 Å². The van der Waals surface area contributed by atoms with E-state index in [0.29, 0.717) is 22.7 Å². The molecule has 0 heterocycles. The molecule has 0 atom stereocenters. The van der Waals surface area contributed by atoms with Crippen LogP contribution in [0.4, 0.5) is 22.7 Å². The Labute approximate surface area is 90.2 Å². The van der Waals surface area contributed by atoms with Crippen LogP contribution in [0, 0.1) is 6.92 Å². The van der Waals surface area contributed by atoms with Crippen LogP contribution in [0.25, 0.3) is 0 Å². The Morgan fingerprint density at radius 2 is 1.60 bits per heavy atom. The van der Waals surface area contributed by atoms with E-state index in [-0.39, 0.29) is 5.92 Å². The zero-order valence-corrected chi connectivity index (χ0v) is 9.46. The molecule has 15 heavy (non-hydrogen) atoms. The van der Waals surface area contributed by atoms with Crippen molar-refractivity contribution < 1.29 is 0 Å². The third kappa shape index (κ3) is 1.63. The summed E-state index contributed by atoms with van der Waals surface area (Å²) >= 11 is 0. The van der Waals surface area contributed by atoms with Gasteiger partial charge in [0, 0.05) is 0 Å². The van der Waals surface area contributed by atoms with Crippen molar-refractivity contribution in [2.75, 3.05) is 17.2 Å². The molecule has 0 amide bonds. The van der Waals surface area contributed by atoms with Crippen LogP contribution >= 0.6 is 0 Å². The highest BCUT2D eigenvalue weighted by Gasteiger charge is 2.17. The quantitative estimate of drug-likeness (QED) is 0.511. The van der Waals surface area contributed by atoms with Gasteiger partial charge in [-0.1, -0.05) is 13.8 Å². The van der Waals surface area contributed by atoms with Gasteiger partial charge >= 0.3 is 0 Å². The summed E-state index contributed by atoms with van der Waals surface area (Å²) in [6.45, 7) is 9.55. The number of rotatable bonds is 2. The summed E-state index contributed by atoms with van der Waals surface area (Å²) in [5, 5.41) is 0. The van der Waals surface area contributed by atoms with Gasteiger partial charge in [0.25, 0.3) is 0 Å². The molecule has 0 unspecified atom stereocenters. The SMILES string of the molecule is C=Nc1c(C)c(C(C)C)c(N)c(N)c1N. The summed E-state index contributed by atoms with van der Waals surface area (Å²) in [7, 11) is 0. The lowest BCUT2D eigenvalue weighted by molar-refractivity contribution is 0.861. The number of hydrogen-bond donors (Lipinski definition) is 3. The second kappa shape index (κ2) is 3.81. The van der Waals surface area contributed by atoms with Crippen molar-refractivity contribution in [3.8, 4) is 0 Å². The Morgan fingerprint density at radius 3 is 2.00 bits per heavy atom. The predicted octanol–water partition coefficient (Wildman–Crippen LogP) is 2.20. The fourth-order valence-electron chi connectivity index (χ4n) is 1.90. The normalized spacial score (nSPS) is 10.7. The lowest BCUT2D eigenvalue weighted by Gasteiger charge is -2.19. The fourth-order valence-corrected chi connectivity index (χ4v) is 1.90. The molecule has 0 fully saturated rings. The summed E-state index contributed by atoms with van der Waals surface area (Å²) in [6, 6.07) is 0. The van der Waals surface area contributed by atoms with Gasteiger partial charge in [-0.25, -0.2) is 0 Å². The monoisotopic (exact) mass is 206 g/mol. The molecule has 0 spiro atoms. The average molecular weight is 206 g/mol. The van der Waals surface area contributed by atoms with E-state index in [9.17, 15) is 0 Å². The third-order valence-electron chi connectivity index (χ3n) is 2.62. The van der Waals surface area contributed by atoms with Gasteiger partial charge in [-0.3, -0.25) is 4.99 Å².